The molecule has 78 valence electrons. The van der Waals surface area contributed by atoms with Gasteiger partial charge in [0.05, 0.1) is 0 Å². The lowest BCUT2D eigenvalue weighted by molar-refractivity contribution is 0.555. The molecule has 0 spiro atoms. The molecule has 0 aliphatic carbocycles. The minimum atomic E-state index is 0.682. The van der Waals surface area contributed by atoms with Crippen molar-refractivity contribution in [2.75, 3.05) is 13.1 Å². The summed E-state index contributed by atoms with van der Waals surface area (Å²) in [6.45, 7) is 6.58. The van der Waals surface area contributed by atoms with Gasteiger partial charge in [0.2, 0.25) is 0 Å². The first-order valence-electron chi connectivity index (χ1n) is 5.64. The van der Waals surface area contributed by atoms with Crippen molar-refractivity contribution in [2.24, 2.45) is 0 Å². The summed E-state index contributed by atoms with van der Waals surface area (Å²) in [6, 6.07) is 10.8. The molecule has 0 saturated heterocycles. The molecule has 0 heterocycles. The van der Waals surface area contributed by atoms with Crippen molar-refractivity contribution in [3.63, 3.8) is 0 Å². The van der Waals surface area contributed by atoms with Crippen LogP contribution in [0.1, 0.15) is 38.2 Å². The van der Waals surface area contributed by atoms with Gasteiger partial charge < -0.3 is 5.32 Å². The number of hydrogen-bond acceptors (Lipinski definition) is 1. The number of likely N-dealkylation sites (N-methyl/N-ethyl adjacent to an activating group) is 1. The molecule has 0 amide bonds. The predicted octanol–water partition coefficient (Wildman–Crippen LogP) is 3.18. The summed E-state index contributed by atoms with van der Waals surface area (Å²) in [5.41, 5.74) is 1.47. The van der Waals surface area contributed by atoms with E-state index in [1.54, 1.807) is 0 Å². The van der Waals surface area contributed by atoms with E-state index in [0.29, 0.717) is 5.92 Å². The standard InChI is InChI=1S/C13H21N/c1-3-8-13(11-14-4-2)12-9-6-5-7-10-12/h5-7,9-10,13-14H,3-4,8,11H2,1-2H3. The molecule has 0 radical (unpaired) electrons. The van der Waals surface area contributed by atoms with Gasteiger partial charge in [-0.25, -0.2) is 0 Å². The Balaban J connectivity index is 2.58. The molecule has 1 atom stereocenters. The fourth-order valence-corrected chi connectivity index (χ4v) is 1.78. The molecule has 0 bridgehead atoms. The molecule has 0 aromatic heterocycles. The quantitative estimate of drug-likeness (QED) is 0.728. The van der Waals surface area contributed by atoms with Gasteiger partial charge in [-0.2, -0.15) is 0 Å². The largest absolute Gasteiger partial charge is 0.316 e. The van der Waals surface area contributed by atoms with E-state index in [4.69, 9.17) is 0 Å². The highest BCUT2D eigenvalue weighted by Gasteiger charge is 2.08. The second-order valence-corrected chi connectivity index (χ2v) is 3.70. The maximum atomic E-state index is 3.43. The molecule has 0 fully saturated rings. The third-order valence-electron chi connectivity index (χ3n) is 2.55. The van der Waals surface area contributed by atoms with Gasteiger partial charge in [-0.1, -0.05) is 50.6 Å². The lowest BCUT2D eigenvalue weighted by Gasteiger charge is -2.16. The first kappa shape index (κ1) is 11.3. The molecule has 0 saturated carbocycles. The van der Waals surface area contributed by atoms with Crippen LogP contribution in [0.4, 0.5) is 0 Å². The molecule has 0 aliphatic rings. The number of nitrogens with one attached hydrogen (secondary N) is 1. The van der Waals surface area contributed by atoms with Crippen LogP contribution in [0.25, 0.3) is 0 Å². The van der Waals surface area contributed by atoms with Crippen molar-refractivity contribution < 1.29 is 0 Å². The third-order valence-corrected chi connectivity index (χ3v) is 2.55. The molecule has 1 N–H and O–H groups in total. The SMILES string of the molecule is CCCC(CNCC)c1ccccc1. The Morgan fingerprint density at radius 1 is 1.14 bits per heavy atom. The van der Waals surface area contributed by atoms with Crippen LogP contribution < -0.4 is 5.32 Å². The van der Waals surface area contributed by atoms with Crippen LogP contribution in [0, 0.1) is 0 Å². The van der Waals surface area contributed by atoms with E-state index in [1.807, 2.05) is 0 Å². The smallest absolute Gasteiger partial charge is 0.00200 e. The monoisotopic (exact) mass is 191 g/mol. The van der Waals surface area contributed by atoms with E-state index < -0.39 is 0 Å². The molecular formula is C13H21N. The van der Waals surface area contributed by atoms with Crippen molar-refractivity contribution in [3.8, 4) is 0 Å². The molecule has 0 aliphatic heterocycles. The van der Waals surface area contributed by atoms with E-state index in [1.165, 1.54) is 18.4 Å². The van der Waals surface area contributed by atoms with Crippen LogP contribution >= 0.6 is 0 Å². The lowest BCUT2D eigenvalue weighted by atomic mass is 9.94. The van der Waals surface area contributed by atoms with Crippen molar-refractivity contribution in [2.45, 2.75) is 32.6 Å². The molecule has 1 aromatic carbocycles. The van der Waals surface area contributed by atoms with E-state index in [2.05, 4.69) is 49.5 Å². The number of benzene rings is 1. The fourth-order valence-electron chi connectivity index (χ4n) is 1.78. The maximum absolute atomic E-state index is 3.43. The number of hydrogen-bond donors (Lipinski definition) is 1. The zero-order valence-corrected chi connectivity index (χ0v) is 9.29. The van der Waals surface area contributed by atoms with Gasteiger partial charge in [0.25, 0.3) is 0 Å². The highest BCUT2D eigenvalue weighted by Crippen LogP contribution is 2.19. The van der Waals surface area contributed by atoms with Gasteiger partial charge in [-0.05, 0) is 24.4 Å². The summed E-state index contributed by atoms with van der Waals surface area (Å²) >= 11 is 0. The second-order valence-electron chi connectivity index (χ2n) is 3.70. The molecule has 1 nitrogen and oxygen atoms in total. The molecule has 1 heteroatoms. The average molecular weight is 191 g/mol. The summed E-state index contributed by atoms with van der Waals surface area (Å²) < 4.78 is 0. The van der Waals surface area contributed by atoms with Crippen molar-refractivity contribution >= 4 is 0 Å². The summed E-state index contributed by atoms with van der Waals surface area (Å²) in [4.78, 5) is 0. The summed E-state index contributed by atoms with van der Waals surface area (Å²) in [7, 11) is 0. The fraction of sp³-hybridized carbons (Fsp3) is 0.538. The number of rotatable bonds is 6. The summed E-state index contributed by atoms with van der Waals surface area (Å²) in [5, 5.41) is 3.43. The molecular weight excluding hydrogens is 170 g/mol. The van der Waals surface area contributed by atoms with Crippen LogP contribution in [0.2, 0.25) is 0 Å². The summed E-state index contributed by atoms with van der Waals surface area (Å²) in [6.07, 6.45) is 2.53. The van der Waals surface area contributed by atoms with Gasteiger partial charge in [0, 0.05) is 6.54 Å². The van der Waals surface area contributed by atoms with E-state index in [9.17, 15) is 0 Å². The lowest BCUT2D eigenvalue weighted by Crippen LogP contribution is -2.21. The zero-order valence-electron chi connectivity index (χ0n) is 9.29. The van der Waals surface area contributed by atoms with E-state index in [0.717, 1.165) is 13.1 Å². The zero-order chi connectivity index (χ0) is 10.2. The summed E-state index contributed by atoms with van der Waals surface area (Å²) in [5.74, 6) is 0.682. The van der Waals surface area contributed by atoms with Crippen molar-refractivity contribution in [1.29, 1.82) is 0 Å². The van der Waals surface area contributed by atoms with Crippen molar-refractivity contribution in [1.82, 2.24) is 5.32 Å². The molecule has 1 unspecified atom stereocenters. The predicted molar refractivity (Wildman–Crippen MR) is 62.6 cm³/mol. The molecule has 1 aromatic rings. The van der Waals surface area contributed by atoms with E-state index in [-0.39, 0.29) is 0 Å². The average Bonchev–Trinajstić information content (AvgIpc) is 2.25. The topological polar surface area (TPSA) is 12.0 Å². The highest BCUT2D eigenvalue weighted by molar-refractivity contribution is 5.19. The van der Waals surface area contributed by atoms with Crippen LogP contribution in [0.5, 0.6) is 0 Å². The minimum Gasteiger partial charge on any atom is -0.316 e. The van der Waals surface area contributed by atoms with Crippen LogP contribution in [0.15, 0.2) is 30.3 Å². The van der Waals surface area contributed by atoms with Gasteiger partial charge in [-0.15, -0.1) is 0 Å². The maximum Gasteiger partial charge on any atom is 0.00200 e. The Kier molecular flexibility index (Phi) is 5.31. The van der Waals surface area contributed by atoms with Gasteiger partial charge in [0.15, 0.2) is 0 Å². The second kappa shape index (κ2) is 6.61. The Bertz CT molecular complexity index is 230. The van der Waals surface area contributed by atoms with Crippen LogP contribution in [-0.2, 0) is 0 Å². The van der Waals surface area contributed by atoms with Gasteiger partial charge in [-0.3, -0.25) is 0 Å². The normalized spacial score (nSPS) is 12.7. The van der Waals surface area contributed by atoms with Crippen LogP contribution in [-0.4, -0.2) is 13.1 Å². The molecule has 1 rings (SSSR count). The van der Waals surface area contributed by atoms with Gasteiger partial charge >= 0.3 is 0 Å². The van der Waals surface area contributed by atoms with Gasteiger partial charge in [0.1, 0.15) is 0 Å². The Labute approximate surface area is 87.5 Å². The third kappa shape index (κ3) is 3.51. The highest BCUT2D eigenvalue weighted by atomic mass is 14.8. The first-order valence-corrected chi connectivity index (χ1v) is 5.64. The first-order chi connectivity index (χ1) is 6.88. The molecule has 14 heavy (non-hydrogen) atoms. The van der Waals surface area contributed by atoms with Crippen molar-refractivity contribution in [3.05, 3.63) is 35.9 Å². The Hall–Kier alpha value is -0.820. The Morgan fingerprint density at radius 3 is 2.43 bits per heavy atom. The van der Waals surface area contributed by atoms with Crippen LogP contribution in [0.3, 0.4) is 0 Å². The Morgan fingerprint density at radius 2 is 1.86 bits per heavy atom. The minimum absolute atomic E-state index is 0.682. The van der Waals surface area contributed by atoms with E-state index >= 15 is 0 Å².